The Hall–Kier alpha value is -0.970. The summed E-state index contributed by atoms with van der Waals surface area (Å²) in [7, 11) is 0. The van der Waals surface area contributed by atoms with Crippen LogP contribution >= 0.6 is 24.0 Å². The zero-order chi connectivity index (χ0) is 16.4. The lowest BCUT2D eigenvalue weighted by atomic mass is 9.67. The number of carbonyl (C=O) groups is 1. The molecule has 3 rings (SSSR count). The maximum atomic E-state index is 12.3. The minimum Gasteiger partial charge on any atom is -0.483 e. The molecule has 2 aliphatic rings. The second-order valence-corrected chi connectivity index (χ2v) is 7.33. The summed E-state index contributed by atoms with van der Waals surface area (Å²) in [5.74, 6) is 1.66. The molecule has 0 heterocycles. The number of rotatable bonds is 4. The van der Waals surface area contributed by atoms with Gasteiger partial charge in [-0.25, -0.2) is 0 Å². The van der Waals surface area contributed by atoms with Crippen molar-refractivity contribution in [2.45, 2.75) is 51.1 Å². The SMILES string of the molecule is Cc1c(Cl)cccc1OCC(=O)NC1C2CCCC1CC(N)C2.Cl. The Bertz CT molecular complexity index is 568. The van der Waals surface area contributed by atoms with Gasteiger partial charge < -0.3 is 15.8 Å². The van der Waals surface area contributed by atoms with Crippen molar-refractivity contribution in [3.8, 4) is 5.75 Å². The third-order valence-corrected chi connectivity index (χ3v) is 5.69. The van der Waals surface area contributed by atoms with E-state index in [0.717, 1.165) is 18.4 Å². The summed E-state index contributed by atoms with van der Waals surface area (Å²) in [6, 6.07) is 6.04. The molecule has 0 aromatic heterocycles. The molecule has 0 radical (unpaired) electrons. The Morgan fingerprint density at radius 3 is 2.67 bits per heavy atom. The second-order valence-electron chi connectivity index (χ2n) is 6.93. The molecule has 2 saturated carbocycles. The highest BCUT2D eigenvalue weighted by molar-refractivity contribution is 6.31. The number of hydrogen-bond donors (Lipinski definition) is 2. The first-order chi connectivity index (χ1) is 11.0. The lowest BCUT2D eigenvalue weighted by Gasteiger charge is -2.45. The van der Waals surface area contributed by atoms with E-state index in [1.807, 2.05) is 25.1 Å². The molecule has 2 fully saturated rings. The van der Waals surface area contributed by atoms with Crippen molar-refractivity contribution in [3.63, 3.8) is 0 Å². The number of hydrogen-bond acceptors (Lipinski definition) is 3. The summed E-state index contributed by atoms with van der Waals surface area (Å²) in [6.07, 6.45) is 5.64. The van der Waals surface area contributed by atoms with Gasteiger partial charge in [-0.05, 0) is 56.6 Å². The van der Waals surface area contributed by atoms with Gasteiger partial charge >= 0.3 is 0 Å². The highest BCUT2D eigenvalue weighted by Crippen LogP contribution is 2.39. The molecule has 2 bridgehead atoms. The van der Waals surface area contributed by atoms with E-state index >= 15 is 0 Å². The molecule has 1 amide bonds. The summed E-state index contributed by atoms with van der Waals surface area (Å²) in [5.41, 5.74) is 7.00. The number of carbonyl (C=O) groups excluding carboxylic acids is 1. The van der Waals surface area contributed by atoms with Crippen molar-refractivity contribution in [3.05, 3.63) is 28.8 Å². The molecule has 0 saturated heterocycles. The van der Waals surface area contributed by atoms with E-state index in [4.69, 9.17) is 22.1 Å². The molecule has 2 aliphatic carbocycles. The maximum Gasteiger partial charge on any atom is 0.258 e. The molecule has 134 valence electrons. The molecule has 2 unspecified atom stereocenters. The molecule has 3 N–H and O–H groups in total. The number of halogens is 2. The summed E-state index contributed by atoms with van der Waals surface area (Å²) in [6.45, 7) is 1.92. The van der Waals surface area contributed by atoms with Crippen molar-refractivity contribution >= 4 is 29.9 Å². The quantitative estimate of drug-likeness (QED) is 0.850. The molecule has 1 aromatic carbocycles. The van der Waals surface area contributed by atoms with Crippen LogP contribution in [0.4, 0.5) is 0 Å². The van der Waals surface area contributed by atoms with Gasteiger partial charge in [0.2, 0.25) is 0 Å². The second kappa shape index (κ2) is 8.41. The first kappa shape index (κ1) is 19.4. The Morgan fingerprint density at radius 1 is 1.33 bits per heavy atom. The first-order valence-corrected chi connectivity index (χ1v) is 8.85. The molecule has 1 aromatic rings. The predicted octanol–water partition coefficient (Wildman–Crippen LogP) is 3.47. The summed E-state index contributed by atoms with van der Waals surface area (Å²) in [4.78, 5) is 12.3. The monoisotopic (exact) mass is 372 g/mol. The lowest BCUT2D eigenvalue weighted by Crippen LogP contribution is -2.54. The van der Waals surface area contributed by atoms with Crippen molar-refractivity contribution < 1.29 is 9.53 Å². The van der Waals surface area contributed by atoms with Crippen molar-refractivity contribution in [1.29, 1.82) is 0 Å². The van der Waals surface area contributed by atoms with E-state index in [9.17, 15) is 4.79 Å². The standard InChI is InChI=1S/C18H25ClN2O2.ClH/c1-11-15(19)6-3-7-16(11)23-10-17(22)21-18-12-4-2-5-13(18)9-14(20)8-12;/h3,6-7,12-14,18H,2,4-5,8-10,20H2,1H3,(H,21,22);1H. The minimum atomic E-state index is -0.0539. The van der Waals surface area contributed by atoms with Crippen LogP contribution in [0.2, 0.25) is 5.02 Å². The maximum absolute atomic E-state index is 12.3. The number of benzene rings is 1. The van der Waals surface area contributed by atoms with Crippen LogP contribution in [0.25, 0.3) is 0 Å². The third kappa shape index (κ3) is 4.35. The van der Waals surface area contributed by atoms with Crippen LogP contribution in [-0.4, -0.2) is 24.6 Å². The smallest absolute Gasteiger partial charge is 0.258 e. The average Bonchev–Trinajstić information content (AvgIpc) is 2.50. The van der Waals surface area contributed by atoms with Crippen molar-refractivity contribution in [2.75, 3.05) is 6.61 Å². The van der Waals surface area contributed by atoms with Gasteiger partial charge in [-0.2, -0.15) is 0 Å². The third-order valence-electron chi connectivity index (χ3n) is 5.28. The van der Waals surface area contributed by atoms with Gasteiger partial charge in [0.15, 0.2) is 6.61 Å². The van der Waals surface area contributed by atoms with E-state index in [1.165, 1.54) is 19.3 Å². The zero-order valence-electron chi connectivity index (χ0n) is 14.0. The van der Waals surface area contributed by atoms with Crippen molar-refractivity contribution in [2.24, 2.45) is 17.6 Å². The fourth-order valence-corrected chi connectivity index (χ4v) is 4.31. The molecule has 6 heteroatoms. The van der Waals surface area contributed by atoms with Crippen LogP contribution < -0.4 is 15.8 Å². The molecule has 2 atom stereocenters. The van der Waals surface area contributed by atoms with Gasteiger partial charge in [-0.1, -0.05) is 24.1 Å². The average molecular weight is 373 g/mol. The van der Waals surface area contributed by atoms with Gasteiger partial charge in [-0.15, -0.1) is 12.4 Å². The van der Waals surface area contributed by atoms with Crippen LogP contribution in [0.5, 0.6) is 5.75 Å². The minimum absolute atomic E-state index is 0. The normalized spacial score (nSPS) is 28.6. The molecule has 24 heavy (non-hydrogen) atoms. The fourth-order valence-electron chi connectivity index (χ4n) is 4.14. The summed E-state index contributed by atoms with van der Waals surface area (Å²) < 4.78 is 5.64. The van der Waals surface area contributed by atoms with Crippen LogP contribution in [0.15, 0.2) is 18.2 Å². The predicted molar refractivity (Wildman–Crippen MR) is 98.9 cm³/mol. The Labute approximate surface area is 154 Å². The van der Waals surface area contributed by atoms with Gasteiger partial charge in [-0.3, -0.25) is 4.79 Å². The van der Waals surface area contributed by atoms with Gasteiger partial charge in [0, 0.05) is 22.7 Å². The highest BCUT2D eigenvalue weighted by atomic mass is 35.5. The van der Waals surface area contributed by atoms with E-state index in [-0.39, 0.29) is 31.0 Å². The number of nitrogens with one attached hydrogen (secondary N) is 1. The first-order valence-electron chi connectivity index (χ1n) is 8.47. The van der Waals surface area contributed by atoms with E-state index in [2.05, 4.69) is 5.32 Å². The van der Waals surface area contributed by atoms with Gasteiger partial charge in [0.1, 0.15) is 5.75 Å². The van der Waals surface area contributed by atoms with E-state index < -0.39 is 0 Å². The Morgan fingerprint density at radius 2 is 2.00 bits per heavy atom. The van der Waals surface area contributed by atoms with Crippen LogP contribution in [0, 0.1) is 18.8 Å². The number of amides is 1. The Kier molecular flexibility index (Phi) is 6.79. The molecular weight excluding hydrogens is 347 g/mol. The van der Waals surface area contributed by atoms with E-state index in [1.54, 1.807) is 0 Å². The van der Waals surface area contributed by atoms with Crippen LogP contribution in [0.1, 0.15) is 37.7 Å². The van der Waals surface area contributed by atoms with E-state index in [0.29, 0.717) is 28.6 Å². The molecule has 4 nitrogen and oxygen atoms in total. The summed E-state index contributed by atoms with van der Waals surface area (Å²) >= 11 is 6.07. The zero-order valence-corrected chi connectivity index (χ0v) is 15.5. The molecule has 0 aliphatic heterocycles. The number of fused-ring (bicyclic) bond motifs is 2. The highest BCUT2D eigenvalue weighted by Gasteiger charge is 2.39. The molecular formula is C18H26Cl2N2O2. The largest absolute Gasteiger partial charge is 0.483 e. The number of ether oxygens (including phenoxy) is 1. The lowest BCUT2D eigenvalue weighted by molar-refractivity contribution is -0.125. The van der Waals surface area contributed by atoms with Crippen LogP contribution in [0.3, 0.4) is 0 Å². The molecule has 0 spiro atoms. The van der Waals surface area contributed by atoms with Gasteiger partial charge in [0.05, 0.1) is 0 Å². The topological polar surface area (TPSA) is 64.3 Å². The summed E-state index contributed by atoms with van der Waals surface area (Å²) in [5, 5.41) is 3.84. The van der Waals surface area contributed by atoms with Crippen molar-refractivity contribution in [1.82, 2.24) is 5.32 Å². The Balaban J connectivity index is 0.00000208. The number of nitrogens with two attached hydrogens (primary N) is 1. The van der Waals surface area contributed by atoms with Gasteiger partial charge in [0.25, 0.3) is 5.91 Å². The van der Waals surface area contributed by atoms with Crippen LogP contribution in [-0.2, 0) is 4.79 Å². The fraction of sp³-hybridized carbons (Fsp3) is 0.611.